The molecule has 0 saturated heterocycles. The summed E-state index contributed by atoms with van der Waals surface area (Å²) in [5, 5.41) is 8.26. The molecule has 0 aliphatic rings. The number of anilines is 1. The lowest BCUT2D eigenvalue weighted by molar-refractivity contribution is 0.841. The largest absolute Gasteiger partial charge is 0.353 e. The van der Waals surface area contributed by atoms with E-state index >= 15 is 0 Å². The van der Waals surface area contributed by atoms with Crippen molar-refractivity contribution in [3.05, 3.63) is 22.8 Å². The van der Waals surface area contributed by atoms with E-state index in [9.17, 15) is 0 Å². The first-order valence-corrected chi connectivity index (χ1v) is 7.55. The molecule has 2 aromatic heterocycles. The summed E-state index contributed by atoms with van der Waals surface area (Å²) in [6, 6.07) is 3.90. The van der Waals surface area contributed by atoms with Gasteiger partial charge in [0.1, 0.15) is 0 Å². The lowest BCUT2D eigenvalue weighted by Gasteiger charge is -2.07. The summed E-state index contributed by atoms with van der Waals surface area (Å²) in [6.45, 7) is 3.13. The molecule has 2 rings (SSSR count). The van der Waals surface area contributed by atoms with Crippen LogP contribution >= 0.6 is 27.7 Å². The van der Waals surface area contributed by atoms with Crippen LogP contribution in [0.4, 0.5) is 5.95 Å². The topological polar surface area (TPSA) is 42.2 Å². The summed E-state index contributed by atoms with van der Waals surface area (Å²) in [5.41, 5.74) is 0.855. The van der Waals surface area contributed by atoms with Crippen molar-refractivity contribution in [3.63, 3.8) is 0 Å². The Balaban J connectivity index is 1.99. The Morgan fingerprint density at radius 3 is 3.12 bits per heavy atom. The summed E-state index contributed by atoms with van der Waals surface area (Å²) in [5.74, 6) is 0.691. The summed E-state index contributed by atoms with van der Waals surface area (Å²) >= 11 is 5.29. The second-order valence-electron chi connectivity index (χ2n) is 3.85. The highest BCUT2D eigenvalue weighted by atomic mass is 79.9. The van der Waals surface area contributed by atoms with Crippen LogP contribution in [-0.4, -0.2) is 32.6 Å². The molecule has 0 aromatic carbocycles. The van der Waals surface area contributed by atoms with Crippen LogP contribution in [0.15, 0.2) is 22.8 Å². The first-order valence-electron chi connectivity index (χ1n) is 5.47. The highest BCUT2D eigenvalue weighted by Crippen LogP contribution is 2.13. The van der Waals surface area contributed by atoms with Gasteiger partial charge in [0.05, 0.1) is 0 Å². The van der Waals surface area contributed by atoms with Crippen LogP contribution in [0.1, 0.15) is 13.3 Å². The number of thioether (sulfide) groups is 1. The molecule has 4 nitrogen and oxygen atoms in total. The van der Waals surface area contributed by atoms with E-state index in [-0.39, 0.29) is 0 Å². The molecule has 92 valence electrons. The number of nitrogens with zero attached hydrogens (tertiary/aromatic N) is 3. The minimum absolute atomic E-state index is 0.661. The van der Waals surface area contributed by atoms with Gasteiger partial charge in [0.2, 0.25) is 5.95 Å². The Hall–Kier alpha value is -0.750. The van der Waals surface area contributed by atoms with Crippen molar-refractivity contribution < 1.29 is 0 Å². The van der Waals surface area contributed by atoms with Crippen LogP contribution < -0.4 is 5.32 Å². The van der Waals surface area contributed by atoms with Crippen molar-refractivity contribution in [2.45, 2.75) is 18.6 Å². The van der Waals surface area contributed by atoms with Gasteiger partial charge in [-0.2, -0.15) is 16.7 Å². The fourth-order valence-electron chi connectivity index (χ4n) is 1.44. The van der Waals surface area contributed by atoms with Crippen molar-refractivity contribution >= 4 is 39.3 Å². The van der Waals surface area contributed by atoms with E-state index in [0.29, 0.717) is 11.2 Å². The number of pyridine rings is 1. The molecule has 1 N–H and O–H groups in total. The minimum Gasteiger partial charge on any atom is -0.353 e. The predicted molar refractivity (Wildman–Crippen MR) is 76.8 cm³/mol. The molecule has 0 radical (unpaired) electrons. The minimum atomic E-state index is 0.661. The van der Waals surface area contributed by atoms with Gasteiger partial charge in [-0.3, -0.25) is 0 Å². The first kappa shape index (κ1) is 12.7. The summed E-state index contributed by atoms with van der Waals surface area (Å²) in [4.78, 5) is 4.39. The lowest BCUT2D eigenvalue weighted by Crippen LogP contribution is -2.08. The molecule has 0 bridgehead atoms. The fourth-order valence-corrected chi connectivity index (χ4v) is 2.12. The smallest absolute Gasteiger partial charge is 0.243 e. The summed E-state index contributed by atoms with van der Waals surface area (Å²) in [6.07, 6.45) is 5.14. The molecule has 0 spiro atoms. The standard InChI is InChI=1S/C11H15BrN4S/c1-8(17-2)5-6-13-11-14-10-4-3-9(12)7-16(10)15-11/h3-4,7-8H,5-6H2,1-2H3,(H,13,15). The summed E-state index contributed by atoms with van der Waals surface area (Å²) < 4.78 is 2.77. The van der Waals surface area contributed by atoms with E-state index in [4.69, 9.17) is 0 Å². The number of halogens is 1. The molecule has 1 atom stereocenters. The van der Waals surface area contributed by atoms with Crippen LogP contribution in [0.5, 0.6) is 0 Å². The van der Waals surface area contributed by atoms with E-state index in [2.05, 4.69) is 44.5 Å². The number of aromatic nitrogens is 3. The van der Waals surface area contributed by atoms with Crippen molar-refractivity contribution in [1.82, 2.24) is 14.6 Å². The average molecular weight is 315 g/mol. The van der Waals surface area contributed by atoms with Gasteiger partial charge in [-0.15, -0.1) is 5.10 Å². The molecule has 2 heterocycles. The third-order valence-electron chi connectivity index (χ3n) is 2.53. The van der Waals surface area contributed by atoms with E-state index in [1.807, 2.05) is 30.1 Å². The molecule has 0 saturated carbocycles. The van der Waals surface area contributed by atoms with Gasteiger partial charge in [0.25, 0.3) is 0 Å². The summed E-state index contributed by atoms with van der Waals surface area (Å²) in [7, 11) is 0. The van der Waals surface area contributed by atoms with Gasteiger partial charge in [0.15, 0.2) is 5.65 Å². The maximum absolute atomic E-state index is 4.39. The second-order valence-corrected chi connectivity index (χ2v) is 6.04. The zero-order chi connectivity index (χ0) is 12.3. The average Bonchev–Trinajstić information content (AvgIpc) is 2.70. The van der Waals surface area contributed by atoms with Gasteiger partial charge in [-0.25, -0.2) is 4.52 Å². The van der Waals surface area contributed by atoms with Crippen molar-refractivity contribution in [2.75, 3.05) is 18.1 Å². The quantitative estimate of drug-likeness (QED) is 0.921. The SMILES string of the molecule is CSC(C)CCNc1nc2ccc(Br)cn2n1. The highest BCUT2D eigenvalue weighted by Gasteiger charge is 2.04. The Morgan fingerprint density at radius 1 is 1.53 bits per heavy atom. The molecular formula is C11H15BrN4S. The van der Waals surface area contributed by atoms with Crippen molar-refractivity contribution in [2.24, 2.45) is 0 Å². The third-order valence-corrected chi connectivity index (χ3v) is 4.04. The van der Waals surface area contributed by atoms with Crippen LogP contribution in [0, 0.1) is 0 Å². The maximum Gasteiger partial charge on any atom is 0.243 e. The number of fused-ring (bicyclic) bond motifs is 1. The Bertz CT molecular complexity index is 499. The molecule has 0 fully saturated rings. The molecule has 1 unspecified atom stereocenters. The first-order chi connectivity index (χ1) is 8.19. The maximum atomic E-state index is 4.39. The highest BCUT2D eigenvalue weighted by molar-refractivity contribution is 9.10. The molecule has 17 heavy (non-hydrogen) atoms. The molecule has 0 aliphatic heterocycles. The van der Waals surface area contributed by atoms with Crippen LogP contribution in [0.3, 0.4) is 0 Å². The molecule has 0 amide bonds. The lowest BCUT2D eigenvalue weighted by atomic mass is 10.3. The van der Waals surface area contributed by atoms with Crippen molar-refractivity contribution in [1.29, 1.82) is 0 Å². The molecule has 0 aliphatic carbocycles. The monoisotopic (exact) mass is 314 g/mol. The van der Waals surface area contributed by atoms with Gasteiger partial charge in [-0.05, 0) is 40.7 Å². The second kappa shape index (κ2) is 5.73. The van der Waals surface area contributed by atoms with Crippen molar-refractivity contribution in [3.8, 4) is 0 Å². The van der Waals surface area contributed by atoms with Crippen LogP contribution in [0.2, 0.25) is 0 Å². The Labute approximate surface area is 113 Å². The fraction of sp³-hybridized carbons (Fsp3) is 0.455. The van der Waals surface area contributed by atoms with Gasteiger partial charge >= 0.3 is 0 Å². The molecule has 6 heteroatoms. The zero-order valence-electron chi connectivity index (χ0n) is 9.85. The van der Waals surface area contributed by atoms with Gasteiger partial charge in [-0.1, -0.05) is 6.92 Å². The van der Waals surface area contributed by atoms with Gasteiger partial charge in [0, 0.05) is 22.5 Å². The van der Waals surface area contributed by atoms with Crippen LogP contribution in [0.25, 0.3) is 5.65 Å². The third kappa shape index (κ3) is 3.35. The van der Waals surface area contributed by atoms with E-state index in [0.717, 1.165) is 23.1 Å². The Kier molecular flexibility index (Phi) is 4.28. The Morgan fingerprint density at radius 2 is 2.35 bits per heavy atom. The van der Waals surface area contributed by atoms with E-state index in [1.54, 1.807) is 4.52 Å². The molecular weight excluding hydrogens is 300 g/mol. The van der Waals surface area contributed by atoms with E-state index < -0.39 is 0 Å². The van der Waals surface area contributed by atoms with Crippen LogP contribution in [-0.2, 0) is 0 Å². The predicted octanol–water partition coefficient (Wildman–Crippen LogP) is 3.05. The normalized spacial score (nSPS) is 12.9. The number of nitrogens with one attached hydrogen (secondary N) is 1. The number of hydrogen-bond acceptors (Lipinski definition) is 4. The number of rotatable bonds is 5. The van der Waals surface area contributed by atoms with E-state index in [1.165, 1.54) is 0 Å². The zero-order valence-corrected chi connectivity index (χ0v) is 12.3. The van der Waals surface area contributed by atoms with Gasteiger partial charge < -0.3 is 5.32 Å². The molecule has 2 aromatic rings. The number of hydrogen-bond donors (Lipinski definition) is 1.